The maximum absolute atomic E-state index is 6.27. The minimum absolute atomic E-state index is 0.0895. The number of pyridine rings is 1. The van der Waals surface area contributed by atoms with E-state index in [2.05, 4.69) is 10.3 Å². The van der Waals surface area contributed by atoms with Crippen LogP contribution in [-0.2, 0) is 4.74 Å². The van der Waals surface area contributed by atoms with E-state index >= 15 is 0 Å². The zero-order valence-electron chi connectivity index (χ0n) is 13.3. The lowest BCUT2D eigenvalue weighted by molar-refractivity contribution is -0.0453. The van der Waals surface area contributed by atoms with Gasteiger partial charge in [0.15, 0.2) is 17.6 Å². The molecule has 1 aromatic carbocycles. The quantitative estimate of drug-likeness (QED) is 0.888. The molecule has 1 fully saturated rings. The molecule has 2 aromatic rings. The molecule has 1 aromatic heterocycles. The van der Waals surface area contributed by atoms with E-state index in [-0.39, 0.29) is 12.2 Å². The van der Waals surface area contributed by atoms with Gasteiger partial charge in [0.2, 0.25) is 0 Å². The van der Waals surface area contributed by atoms with Gasteiger partial charge in [0.25, 0.3) is 0 Å². The molecule has 1 aliphatic heterocycles. The monoisotopic (exact) mass is 314 g/mol. The van der Waals surface area contributed by atoms with Crippen LogP contribution in [-0.4, -0.2) is 37.4 Å². The van der Waals surface area contributed by atoms with Gasteiger partial charge < -0.3 is 19.5 Å². The van der Waals surface area contributed by atoms with Crippen molar-refractivity contribution in [3.8, 4) is 11.5 Å². The van der Waals surface area contributed by atoms with Gasteiger partial charge in [-0.2, -0.15) is 0 Å². The second-order valence-electron chi connectivity index (χ2n) is 5.29. The van der Waals surface area contributed by atoms with Gasteiger partial charge in [-0.1, -0.05) is 18.2 Å². The summed E-state index contributed by atoms with van der Waals surface area (Å²) in [5, 5.41) is 3.35. The standard InChI is InChI=1S/C18H22N2O3/c1-2-21-15-8-3-4-9-16(15)23-18(14-7-5-6-10-20-14)17-13-19-11-12-22-17/h3-10,17-19H,2,11-13H2,1H3. The normalized spacial score (nSPS) is 19.1. The first kappa shape index (κ1) is 15.8. The fourth-order valence-corrected chi connectivity index (χ4v) is 2.61. The van der Waals surface area contributed by atoms with Gasteiger partial charge in [0.05, 0.1) is 18.9 Å². The van der Waals surface area contributed by atoms with Gasteiger partial charge in [-0.15, -0.1) is 0 Å². The van der Waals surface area contributed by atoms with Crippen molar-refractivity contribution in [1.82, 2.24) is 10.3 Å². The van der Waals surface area contributed by atoms with Crippen LogP contribution in [0.1, 0.15) is 18.7 Å². The number of aromatic nitrogens is 1. The number of nitrogens with zero attached hydrogens (tertiary/aromatic N) is 1. The Morgan fingerprint density at radius 3 is 2.74 bits per heavy atom. The molecule has 5 nitrogen and oxygen atoms in total. The minimum atomic E-state index is -0.286. The number of para-hydroxylation sites is 2. The van der Waals surface area contributed by atoms with Gasteiger partial charge in [-0.05, 0) is 31.2 Å². The Morgan fingerprint density at radius 2 is 2.04 bits per heavy atom. The molecule has 0 aliphatic carbocycles. The summed E-state index contributed by atoms with van der Waals surface area (Å²) >= 11 is 0. The first-order valence-corrected chi connectivity index (χ1v) is 8.00. The zero-order chi connectivity index (χ0) is 15.9. The molecule has 1 saturated heterocycles. The maximum atomic E-state index is 6.27. The smallest absolute Gasteiger partial charge is 0.168 e. The van der Waals surface area contributed by atoms with Crippen LogP contribution in [0, 0.1) is 0 Å². The van der Waals surface area contributed by atoms with Crippen LogP contribution >= 0.6 is 0 Å². The second-order valence-corrected chi connectivity index (χ2v) is 5.29. The molecule has 0 bridgehead atoms. The summed E-state index contributed by atoms with van der Waals surface area (Å²) in [6.45, 7) is 4.82. The number of hydrogen-bond acceptors (Lipinski definition) is 5. The van der Waals surface area contributed by atoms with Crippen molar-refractivity contribution in [3.05, 3.63) is 54.4 Å². The van der Waals surface area contributed by atoms with Crippen LogP contribution in [0.4, 0.5) is 0 Å². The van der Waals surface area contributed by atoms with E-state index in [1.54, 1.807) is 6.20 Å². The fraction of sp³-hybridized carbons (Fsp3) is 0.389. The van der Waals surface area contributed by atoms with Crippen LogP contribution in [0.25, 0.3) is 0 Å². The summed E-state index contributed by atoms with van der Waals surface area (Å²) in [6.07, 6.45) is 1.40. The predicted molar refractivity (Wildman–Crippen MR) is 87.8 cm³/mol. The molecule has 2 atom stereocenters. The number of morpholine rings is 1. The molecule has 3 rings (SSSR count). The van der Waals surface area contributed by atoms with E-state index in [0.29, 0.717) is 19.0 Å². The molecular weight excluding hydrogens is 292 g/mol. The molecule has 0 amide bonds. The summed E-state index contributed by atoms with van der Waals surface area (Å²) in [5.74, 6) is 1.44. The van der Waals surface area contributed by atoms with Crippen molar-refractivity contribution >= 4 is 0 Å². The predicted octanol–water partition coefficient (Wildman–Crippen LogP) is 2.59. The van der Waals surface area contributed by atoms with Crippen LogP contribution in [0.5, 0.6) is 11.5 Å². The summed E-state index contributed by atoms with van der Waals surface area (Å²) in [4.78, 5) is 4.45. The van der Waals surface area contributed by atoms with Gasteiger partial charge >= 0.3 is 0 Å². The molecule has 0 spiro atoms. The Kier molecular flexibility index (Phi) is 5.45. The van der Waals surface area contributed by atoms with Crippen molar-refractivity contribution < 1.29 is 14.2 Å². The Balaban J connectivity index is 1.86. The van der Waals surface area contributed by atoms with Crippen molar-refractivity contribution in [3.63, 3.8) is 0 Å². The number of benzene rings is 1. The van der Waals surface area contributed by atoms with Crippen LogP contribution in [0.3, 0.4) is 0 Å². The Labute approximate surface area is 136 Å². The fourth-order valence-electron chi connectivity index (χ4n) is 2.61. The number of rotatable bonds is 6. The number of ether oxygens (including phenoxy) is 3. The average molecular weight is 314 g/mol. The van der Waals surface area contributed by atoms with Crippen LogP contribution in [0.15, 0.2) is 48.7 Å². The van der Waals surface area contributed by atoms with E-state index in [1.807, 2.05) is 49.4 Å². The lowest BCUT2D eigenvalue weighted by atomic mass is 10.1. The molecule has 2 unspecified atom stereocenters. The SMILES string of the molecule is CCOc1ccccc1OC(c1ccccn1)C1CNCCO1. The largest absolute Gasteiger partial charge is 0.490 e. The molecule has 0 saturated carbocycles. The number of nitrogens with one attached hydrogen (secondary N) is 1. The molecule has 5 heteroatoms. The van der Waals surface area contributed by atoms with Gasteiger partial charge in [0, 0.05) is 19.3 Å². The van der Waals surface area contributed by atoms with Crippen molar-refractivity contribution in [2.24, 2.45) is 0 Å². The lowest BCUT2D eigenvalue weighted by Crippen LogP contribution is -2.43. The highest BCUT2D eigenvalue weighted by atomic mass is 16.6. The Hall–Kier alpha value is -2.11. The van der Waals surface area contributed by atoms with E-state index < -0.39 is 0 Å². The molecule has 23 heavy (non-hydrogen) atoms. The molecular formula is C18H22N2O3. The van der Waals surface area contributed by atoms with Crippen LogP contribution < -0.4 is 14.8 Å². The third kappa shape index (κ3) is 4.00. The molecule has 2 heterocycles. The third-order valence-electron chi connectivity index (χ3n) is 3.68. The first-order chi connectivity index (χ1) is 11.4. The number of hydrogen-bond donors (Lipinski definition) is 1. The second kappa shape index (κ2) is 7.94. The van der Waals surface area contributed by atoms with Gasteiger partial charge in [0.1, 0.15) is 6.10 Å². The highest BCUT2D eigenvalue weighted by molar-refractivity contribution is 5.40. The van der Waals surface area contributed by atoms with E-state index in [1.165, 1.54) is 0 Å². The van der Waals surface area contributed by atoms with Gasteiger partial charge in [-0.25, -0.2) is 0 Å². The van der Waals surface area contributed by atoms with Crippen LogP contribution in [0.2, 0.25) is 0 Å². The topological polar surface area (TPSA) is 52.6 Å². The highest BCUT2D eigenvalue weighted by Crippen LogP contribution is 2.33. The van der Waals surface area contributed by atoms with Crippen molar-refractivity contribution in [2.75, 3.05) is 26.3 Å². The van der Waals surface area contributed by atoms with Crippen molar-refractivity contribution in [2.45, 2.75) is 19.1 Å². The molecule has 122 valence electrons. The van der Waals surface area contributed by atoms with Crippen molar-refractivity contribution in [1.29, 1.82) is 0 Å². The summed E-state index contributed by atoms with van der Waals surface area (Å²) in [6, 6.07) is 13.5. The first-order valence-electron chi connectivity index (χ1n) is 8.00. The summed E-state index contributed by atoms with van der Waals surface area (Å²) in [5.41, 5.74) is 0.854. The Bertz CT molecular complexity index is 600. The van der Waals surface area contributed by atoms with E-state index in [4.69, 9.17) is 14.2 Å². The summed E-state index contributed by atoms with van der Waals surface area (Å²) < 4.78 is 17.8. The molecule has 1 N–H and O–H groups in total. The molecule has 1 aliphatic rings. The maximum Gasteiger partial charge on any atom is 0.168 e. The van der Waals surface area contributed by atoms with E-state index in [9.17, 15) is 0 Å². The highest BCUT2D eigenvalue weighted by Gasteiger charge is 2.29. The molecule has 0 radical (unpaired) electrons. The zero-order valence-corrected chi connectivity index (χ0v) is 13.3. The Morgan fingerprint density at radius 1 is 1.22 bits per heavy atom. The van der Waals surface area contributed by atoms with Gasteiger partial charge in [-0.3, -0.25) is 4.98 Å². The summed E-state index contributed by atoms with van der Waals surface area (Å²) in [7, 11) is 0. The van der Waals surface area contributed by atoms with E-state index in [0.717, 1.165) is 24.5 Å². The lowest BCUT2D eigenvalue weighted by Gasteiger charge is -2.31. The average Bonchev–Trinajstić information content (AvgIpc) is 2.63. The minimum Gasteiger partial charge on any atom is -0.490 e. The third-order valence-corrected chi connectivity index (χ3v) is 3.68.